The van der Waals surface area contributed by atoms with Crippen molar-refractivity contribution in [2.45, 2.75) is 13.1 Å². The highest BCUT2D eigenvalue weighted by atomic mass is 19.4. The van der Waals surface area contributed by atoms with Crippen molar-refractivity contribution in [3.8, 4) is 11.5 Å². The van der Waals surface area contributed by atoms with E-state index in [2.05, 4.69) is 10.3 Å². The van der Waals surface area contributed by atoms with Crippen LogP contribution in [0.15, 0.2) is 47.1 Å². The Morgan fingerprint density at radius 1 is 1.19 bits per heavy atom. The van der Waals surface area contributed by atoms with E-state index in [-0.39, 0.29) is 29.3 Å². The van der Waals surface area contributed by atoms with E-state index in [9.17, 15) is 22.8 Å². The molecule has 0 amide bonds. The molecule has 2 aromatic heterocycles. The minimum atomic E-state index is -4.50. The van der Waals surface area contributed by atoms with Gasteiger partial charge in [-0.15, -0.1) is 0 Å². The molecular weight excluding hydrogens is 367 g/mol. The topological polar surface area (TPSA) is 87.2 Å². The van der Waals surface area contributed by atoms with Crippen LogP contribution in [0.4, 0.5) is 13.2 Å². The maximum atomic E-state index is 12.6. The lowest BCUT2D eigenvalue weighted by molar-refractivity contribution is -0.137. The molecule has 0 N–H and O–H groups in total. The third-order valence-corrected chi connectivity index (χ3v) is 3.54. The number of esters is 1. The Balaban J connectivity index is 1.89. The van der Waals surface area contributed by atoms with E-state index >= 15 is 0 Å². The third-order valence-electron chi connectivity index (χ3n) is 3.54. The molecule has 1 aromatic carbocycles. The van der Waals surface area contributed by atoms with Gasteiger partial charge < -0.3 is 9.26 Å². The summed E-state index contributed by atoms with van der Waals surface area (Å²) < 4.78 is 48.7. The summed E-state index contributed by atoms with van der Waals surface area (Å²) in [6.45, 7) is 1.79. The summed E-state index contributed by atoms with van der Waals surface area (Å²) >= 11 is 0. The van der Waals surface area contributed by atoms with E-state index in [1.807, 2.05) is 0 Å². The van der Waals surface area contributed by atoms with Gasteiger partial charge in [0.2, 0.25) is 0 Å². The number of rotatable bonds is 4. The molecule has 0 aliphatic rings. The normalized spacial score (nSPS) is 11.4. The zero-order chi connectivity index (χ0) is 19.6. The van der Waals surface area contributed by atoms with E-state index in [1.54, 1.807) is 6.92 Å². The number of hydrogen-bond acceptors (Lipinski definition) is 6. The molecule has 3 aromatic rings. The predicted molar refractivity (Wildman–Crippen MR) is 84.9 cm³/mol. The van der Waals surface area contributed by atoms with Crippen LogP contribution in [0.25, 0.3) is 11.5 Å². The van der Waals surface area contributed by atoms with Gasteiger partial charge in [0.1, 0.15) is 5.69 Å². The molecule has 0 fully saturated rings. The molecule has 27 heavy (non-hydrogen) atoms. The fourth-order valence-electron chi connectivity index (χ4n) is 2.27. The minimum absolute atomic E-state index is 0.00178. The highest BCUT2D eigenvalue weighted by Gasteiger charge is 2.30. The monoisotopic (exact) mass is 379 g/mol. The van der Waals surface area contributed by atoms with Crippen molar-refractivity contribution in [2.24, 2.45) is 0 Å². The second kappa shape index (κ2) is 7.06. The number of benzene rings is 1. The van der Waals surface area contributed by atoms with E-state index < -0.39 is 23.6 Å². The summed E-state index contributed by atoms with van der Waals surface area (Å²) in [5, 5.41) is 7.45. The van der Waals surface area contributed by atoms with Crippen LogP contribution in [-0.4, -0.2) is 33.4 Å². The first-order valence-electron chi connectivity index (χ1n) is 7.71. The maximum absolute atomic E-state index is 12.6. The van der Waals surface area contributed by atoms with E-state index in [0.29, 0.717) is 0 Å². The molecule has 140 valence electrons. The molecule has 0 spiro atoms. The number of alkyl halides is 3. The van der Waals surface area contributed by atoms with E-state index in [4.69, 9.17) is 9.26 Å². The molecule has 0 aliphatic carbocycles. The summed E-state index contributed by atoms with van der Waals surface area (Å²) in [6, 6.07) is 6.46. The summed E-state index contributed by atoms with van der Waals surface area (Å²) in [7, 11) is 0. The van der Waals surface area contributed by atoms with Crippen LogP contribution in [0.1, 0.15) is 33.3 Å². The number of halogens is 3. The Hall–Kier alpha value is -3.43. The van der Waals surface area contributed by atoms with Gasteiger partial charge in [-0.05, 0) is 37.3 Å². The molecule has 0 saturated carbocycles. The van der Waals surface area contributed by atoms with Gasteiger partial charge >= 0.3 is 12.1 Å². The van der Waals surface area contributed by atoms with Gasteiger partial charge in [0.25, 0.3) is 5.91 Å². The molecule has 0 aliphatic heterocycles. The second-order valence-corrected chi connectivity index (χ2v) is 5.31. The second-order valence-electron chi connectivity index (χ2n) is 5.31. The van der Waals surface area contributed by atoms with Gasteiger partial charge in [-0.1, -0.05) is 5.16 Å². The Morgan fingerprint density at radius 2 is 1.89 bits per heavy atom. The zero-order valence-electron chi connectivity index (χ0n) is 13.9. The van der Waals surface area contributed by atoms with Gasteiger partial charge in [0.05, 0.1) is 18.4 Å². The number of nitrogens with zero attached hydrogens (tertiary/aromatic N) is 3. The summed E-state index contributed by atoms with van der Waals surface area (Å²) in [5.74, 6) is -1.28. The quantitative estimate of drug-likeness (QED) is 0.646. The average molecular weight is 379 g/mol. The van der Waals surface area contributed by atoms with Crippen molar-refractivity contribution >= 4 is 11.9 Å². The zero-order valence-corrected chi connectivity index (χ0v) is 13.9. The molecule has 10 heteroatoms. The van der Waals surface area contributed by atoms with Gasteiger partial charge in [0.15, 0.2) is 11.5 Å². The van der Waals surface area contributed by atoms with Crippen LogP contribution in [0.2, 0.25) is 0 Å². The smallest absolute Gasteiger partial charge is 0.416 e. The van der Waals surface area contributed by atoms with Crippen LogP contribution in [-0.2, 0) is 10.9 Å². The highest BCUT2D eigenvalue weighted by Crippen LogP contribution is 2.29. The van der Waals surface area contributed by atoms with Crippen LogP contribution >= 0.6 is 0 Å². The van der Waals surface area contributed by atoms with Crippen molar-refractivity contribution in [1.82, 2.24) is 14.9 Å². The molecule has 0 unspecified atom stereocenters. The molecular formula is C17H12F3N3O4. The van der Waals surface area contributed by atoms with Crippen LogP contribution < -0.4 is 0 Å². The minimum Gasteiger partial charge on any atom is -0.461 e. The Bertz CT molecular complexity index is 974. The lowest BCUT2D eigenvalue weighted by atomic mass is 10.1. The molecule has 7 nitrogen and oxygen atoms in total. The SMILES string of the molecule is CCOC(=O)c1cc(-c2ccnn2C(=O)c2ccc(C(F)(F)F)cc2)on1. The average Bonchev–Trinajstić information content (AvgIpc) is 3.29. The fraction of sp³-hybridized carbons (Fsp3) is 0.176. The van der Waals surface area contributed by atoms with Crippen LogP contribution in [0.5, 0.6) is 0 Å². The number of aromatic nitrogens is 3. The van der Waals surface area contributed by atoms with Gasteiger partial charge in [-0.25, -0.2) is 4.79 Å². The molecule has 2 heterocycles. The van der Waals surface area contributed by atoms with Gasteiger partial charge in [-0.3, -0.25) is 4.79 Å². The summed E-state index contributed by atoms with van der Waals surface area (Å²) in [6.07, 6.45) is -3.19. The summed E-state index contributed by atoms with van der Waals surface area (Å²) in [4.78, 5) is 24.2. The highest BCUT2D eigenvalue weighted by molar-refractivity contribution is 5.97. The Kier molecular flexibility index (Phi) is 4.80. The first-order chi connectivity index (χ1) is 12.8. The number of carbonyl (C=O) groups is 2. The van der Waals surface area contributed by atoms with Crippen molar-refractivity contribution in [3.05, 3.63) is 59.4 Å². The first kappa shape index (κ1) is 18.4. The third kappa shape index (κ3) is 3.73. The number of ether oxygens (including phenoxy) is 1. The summed E-state index contributed by atoms with van der Waals surface area (Å²) in [5.41, 5.74) is -0.767. The molecule has 0 radical (unpaired) electrons. The van der Waals surface area contributed by atoms with Crippen LogP contribution in [0.3, 0.4) is 0 Å². The van der Waals surface area contributed by atoms with E-state index in [0.717, 1.165) is 28.9 Å². The molecule has 3 rings (SSSR count). The van der Waals surface area contributed by atoms with Crippen molar-refractivity contribution in [3.63, 3.8) is 0 Å². The largest absolute Gasteiger partial charge is 0.461 e. The predicted octanol–water partition coefficient (Wildman–Crippen LogP) is 3.42. The van der Waals surface area contributed by atoms with E-state index in [1.165, 1.54) is 18.3 Å². The first-order valence-corrected chi connectivity index (χ1v) is 7.71. The lowest BCUT2D eigenvalue weighted by Gasteiger charge is -2.08. The van der Waals surface area contributed by atoms with Crippen LogP contribution in [0, 0.1) is 0 Å². The van der Waals surface area contributed by atoms with Gasteiger partial charge in [-0.2, -0.15) is 23.0 Å². The molecule has 0 bridgehead atoms. The van der Waals surface area contributed by atoms with Crippen molar-refractivity contribution in [2.75, 3.05) is 6.61 Å². The number of hydrogen-bond donors (Lipinski definition) is 0. The van der Waals surface area contributed by atoms with Crippen molar-refractivity contribution < 1.29 is 32.0 Å². The fourth-order valence-corrected chi connectivity index (χ4v) is 2.27. The Morgan fingerprint density at radius 3 is 2.52 bits per heavy atom. The van der Waals surface area contributed by atoms with Gasteiger partial charge in [0, 0.05) is 11.6 Å². The number of carbonyl (C=O) groups excluding carboxylic acids is 2. The lowest BCUT2D eigenvalue weighted by Crippen LogP contribution is -2.15. The molecule has 0 saturated heterocycles. The molecule has 0 atom stereocenters. The van der Waals surface area contributed by atoms with Crippen molar-refractivity contribution in [1.29, 1.82) is 0 Å². The Labute approximate surface area is 150 Å². The standard InChI is InChI=1S/C17H12F3N3O4/c1-2-26-16(25)12-9-14(27-22-12)13-7-8-21-23(13)15(24)10-3-5-11(6-4-10)17(18,19)20/h3-9H,2H2,1H3. The maximum Gasteiger partial charge on any atom is 0.416 e.